The number of allylic oxidation sites excluding steroid dienone is 2. The predicted octanol–water partition coefficient (Wildman–Crippen LogP) is 7.08. The molecule has 1 aromatic carbocycles. The Kier molecular flexibility index (Phi) is 10.7. The maximum Gasteiger partial charge on any atom is 0.306 e. The molecule has 3 saturated carbocycles. The summed E-state index contributed by atoms with van der Waals surface area (Å²) in [6, 6.07) is 4.65. The summed E-state index contributed by atoms with van der Waals surface area (Å²) in [5, 5.41) is 1.49. The average molecular weight is 796 g/mol. The van der Waals surface area contributed by atoms with E-state index in [0.717, 1.165) is 61.4 Å². The molecule has 0 radical (unpaired) electrons. The first-order valence-electron chi connectivity index (χ1n) is 19.8. The van der Waals surface area contributed by atoms with Gasteiger partial charge in [0, 0.05) is 34.7 Å². The zero-order chi connectivity index (χ0) is 38.0. The van der Waals surface area contributed by atoms with Crippen molar-refractivity contribution in [2.75, 3.05) is 6.54 Å². The number of halogens is 1. The van der Waals surface area contributed by atoms with Crippen molar-refractivity contribution in [3.8, 4) is 5.75 Å². The van der Waals surface area contributed by atoms with E-state index in [-0.39, 0.29) is 56.9 Å². The van der Waals surface area contributed by atoms with Gasteiger partial charge in [0.05, 0.1) is 40.4 Å². The van der Waals surface area contributed by atoms with Crippen LogP contribution in [0.5, 0.6) is 5.75 Å². The number of carbonyl (C=O) groups is 4. The standard InChI is InChI=1S/C41H50ClN3O8S.CH4/c1-25-36-30(31-20-28(42)13-14-32(31)43-25)15-16-40(53-36)22-33-34(46)23-41(38(49)44-54(50,51)39(2)17-18-39)21-27(41)10-7-5-3-4-6-9-26(37(48)45(33)24-40)19-35(47)52-29-11-8-12-29;/h7,10,13-14,20,26-27,29,33H,3-6,8-9,11-12,15-19,21-24H2,1-2H3,(H,44,49);1H4/b10-7-;/t26-,27-,33+,40-,41-;/m1./s1. The summed E-state index contributed by atoms with van der Waals surface area (Å²) in [5.41, 5.74) is 0.350. The smallest absolute Gasteiger partial charge is 0.306 e. The predicted molar refractivity (Wildman–Crippen MR) is 209 cm³/mol. The summed E-state index contributed by atoms with van der Waals surface area (Å²) in [5.74, 6) is -1.98. The fourth-order valence-corrected chi connectivity index (χ4v) is 10.6. The van der Waals surface area contributed by atoms with Gasteiger partial charge in [-0.2, -0.15) is 0 Å². The normalized spacial score (nSPS) is 31.0. The number of aromatic nitrogens is 1. The van der Waals surface area contributed by atoms with Gasteiger partial charge in [0.2, 0.25) is 21.8 Å². The molecule has 2 amide bonds. The number of hydrogen-bond acceptors (Lipinski definition) is 9. The van der Waals surface area contributed by atoms with Crippen molar-refractivity contribution in [2.45, 2.75) is 147 Å². The minimum absolute atomic E-state index is 0. The molecule has 6 aliphatic rings. The average Bonchev–Trinajstić information content (AvgIpc) is 4.00. The number of carbonyl (C=O) groups excluding carboxylic acids is 4. The first-order chi connectivity index (χ1) is 25.7. The quantitative estimate of drug-likeness (QED) is 0.239. The third-order valence-electron chi connectivity index (χ3n) is 13.2. The number of amides is 2. The number of Topliss-reactive ketones (excluding diaryl/α,β-unsaturated/α-hetero) is 1. The van der Waals surface area contributed by atoms with Crippen LogP contribution in [0.25, 0.3) is 10.9 Å². The fraction of sp³-hybridized carbons (Fsp3) is 0.643. The number of nitrogens with zero attached hydrogens (tertiary/aromatic N) is 2. The van der Waals surface area contributed by atoms with Crippen LogP contribution in [0.1, 0.15) is 122 Å². The molecule has 1 saturated heterocycles. The Morgan fingerprint density at radius 1 is 1.07 bits per heavy atom. The molecule has 5 atom stereocenters. The molecular formula is C42H54ClN3O8S. The second-order valence-electron chi connectivity index (χ2n) is 17.1. The largest absolute Gasteiger partial charge is 0.483 e. The van der Waals surface area contributed by atoms with E-state index < -0.39 is 49.6 Å². The Morgan fingerprint density at radius 3 is 2.58 bits per heavy atom. The summed E-state index contributed by atoms with van der Waals surface area (Å²) in [7, 11) is -3.93. The van der Waals surface area contributed by atoms with Crippen molar-refractivity contribution in [1.29, 1.82) is 0 Å². The molecule has 1 spiro atoms. The molecule has 298 valence electrons. The third-order valence-corrected chi connectivity index (χ3v) is 15.6. The highest BCUT2D eigenvalue weighted by atomic mass is 35.5. The zero-order valence-corrected chi connectivity index (χ0v) is 32.7. The van der Waals surface area contributed by atoms with Crippen molar-refractivity contribution < 1.29 is 37.1 Å². The maximum atomic E-state index is 14.8. The van der Waals surface area contributed by atoms with Gasteiger partial charge >= 0.3 is 5.97 Å². The number of nitrogens with one attached hydrogen (secondary N) is 1. The molecule has 4 heterocycles. The van der Waals surface area contributed by atoms with Crippen LogP contribution in [0.15, 0.2) is 30.4 Å². The first kappa shape index (κ1) is 39.7. The number of aryl methyl sites for hydroxylation is 2. The van der Waals surface area contributed by atoms with Crippen LogP contribution in [0.3, 0.4) is 0 Å². The first-order valence-corrected chi connectivity index (χ1v) is 21.6. The highest BCUT2D eigenvalue weighted by Gasteiger charge is 2.63. The minimum atomic E-state index is -3.93. The monoisotopic (exact) mass is 795 g/mol. The molecule has 2 aromatic rings. The van der Waals surface area contributed by atoms with Gasteiger partial charge in [-0.3, -0.25) is 23.9 Å². The Balaban J connectivity index is 0.00000465. The van der Waals surface area contributed by atoms with Crippen molar-refractivity contribution in [3.63, 3.8) is 0 Å². The summed E-state index contributed by atoms with van der Waals surface area (Å²) >= 11 is 6.40. The molecule has 11 nitrogen and oxygen atoms in total. The molecule has 3 aliphatic heterocycles. The second kappa shape index (κ2) is 14.8. The Hall–Kier alpha value is -3.51. The number of sulfonamides is 1. The number of ketones is 1. The Bertz CT molecular complexity index is 2040. The lowest BCUT2D eigenvalue weighted by atomic mass is 9.85. The fourth-order valence-electron chi connectivity index (χ4n) is 9.06. The number of fused-ring (bicyclic) bond motifs is 5. The van der Waals surface area contributed by atoms with E-state index in [0.29, 0.717) is 55.0 Å². The van der Waals surface area contributed by atoms with Gasteiger partial charge in [0.25, 0.3) is 0 Å². The van der Waals surface area contributed by atoms with Gasteiger partial charge in [-0.05, 0) is 109 Å². The Labute approximate surface area is 329 Å². The van der Waals surface area contributed by atoms with Gasteiger partial charge in [-0.25, -0.2) is 13.4 Å². The summed E-state index contributed by atoms with van der Waals surface area (Å²) in [4.78, 5) is 63.1. The van der Waals surface area contributed by atoms with Gasteiger partial charge < -0.3 is 14.4 Å². The minimum Gasteiger partial charge on any atom is -0.483 e. The molecule has 13 heteroatoms. The van der Waals surface area contributed by atoms with E-state index in [1.165, 1.54) is 0 Å². The van der Waals surface area contributed by atoms with E-state index >= 15 is 0 Å². The third kappa shape index (κ3) is 7.54. The second-order valence-corrected chi connectivity index (χ2v) is 19.8. The van der Waals surface area contributed by atoms with Crippen molar-refractivity contribution in [3.05, 3.63) is 46.6 Å². The van der Waals surface area contributed by atoms with Crippen LogP contribution < -0.4 is 9.46 Å². The molecule has 4 fully saturated rings. The van der Waals surface area contributed by atoms with Crippen LogP contribution >= 0.6 is 11.6 Å². The van der Waals surface area contributed by atoms with E-state index in [1.54, 1.807) is 17.9 Å². The number of benzene rings is 1. The van der Waals surface area contributed by atoms with Crippen LogP contribution in [0.2, 0.25) is 5.02 Å². The van der Waals surface area contributed by atoms with Gasteiger partial charge in [0.15, 0.2) is 5.78 Å². The van der Waals surface area contributed by atoms with Crippen LogP contribution in [0, 0.1) is 24.2 Å². The van der Waals surface area contributed by atoms with Crippen molar-refractivity contribution in [1.82, 2.24) is 14.6 Å². The lowest BCUT2D eigenvalue weighted by molar-refractivity contribution is -0.157. The number of ether oxygens (including phenoxy) is 2. The summed E-state index contributed by atoms with van der Waals surface area (Å²) < 4.78 is 40.4. The number of esters is 1. The summed E-state index contributed by atoms with van der Waals surface area (Å²) in [6.07, 6.45) is 12.6. The molecule has 0 unspecified atom stereocenters. The molecular weight excluding hydrogens is 742 g/mol. The summed E-state index contributed by atoms with van der Waals surface area (Å²) in [6.45, 7) is 3.65. The topological polar surface area (TPSA) is 149 Å². The van der Waals surface area contributed by atoms with Crippen molar-refractivity contribution in [2.24, 2.45) is 17.3 Å². The van der Waals surface area contributed by atoms with Crippen LogP contribution in [0.4, 0.5) is 0 Å². The highest BCUT2D eigenvalue weighted by molar-refractivity contribution is 7.91. The van der Waals surface area contributed by atoms with Crippen molar-refractivity contribution >= 4 is 56.1 Å². The zero-order valence-electron chi connectivity index (χ0n) is 31.2. The lowest BCUT2D eigenvalue weighted by Gasteiger charge is -2.36. The maximum absolute atomic E-state index is 14.8. The van der Waals surface area contributed by atoms with E-state index in [1.807, 2.05) is 31.2 Å². The van der Waals surface area contributed by atoms with Gasteiger partial charge in [0.1, 0.15) is 17.5 Å². The number of rotatable bonds is 6. The van der Waals surface area contributed by atoms with Gasteiger partial charge in [-0.15, -0.1) is 0 Å². The molecule has 8 rings (SSSR count). The molecule has 0 bridgehead atoms. The number of pyridine rings is 1. The molecule has 3 aliphatic carbocycles. The molecule has 1 aromatic heterocycles. The highest BCUT2D eigenvalue weighted by Crippen LogP contribution is 2.58. The van der Waals surface area contributed by atoms with E-state index in [4.69, 9.17) is 26.1 Å². The van der Waals surface area contributed by atoms with Crippen LogP contribution in [-0.2, 0) is 40.4 Å². The number of hydrogen-bond donors (Lipinski definition) is 1. The van der Waals surface area contributed by atoms with E-state index in [2.05, 4.69) is 4.72 Å². The van der Waals surface area contributed by atoms with Crippen LogP contribution in [-0.4, -0.2) is 70.9 Å². The molecule has 55 heavy (non-hydrogen) atoms. The Morgan fingerprint density at radius 2 is 1.85 bits per heavy atom. The SMILES string of the molecule is C.Cc1nc2ccc(Cl)cc2c2c1O[C@]1(CC2)C[C@H]2C(=O)C[C@]3(C(=O)NS(=O)(=O)C4(C)CC4)C[C@H]3/C=C\CCCCC[C@H](CC(=O)OC3CCC3)C(=O)N2C1. The lowest BCUT2D eigenvalue weighted by Crippen LogP contribution is -2.48. The molecule has 1 N–H and O–H groups in total. The van der Waals surface area contributed by atoms with Gasteiger partial charge in [-0.1, -0.05) is 44.0 Å². The van der Waals surface area contributed by atoms with E-state index in [9.17, 15) is 27.6 Å².